The average molecular weight is 195 g/mol. The molecule has 76 valence electrons. The molecule has 0 amide bonds. The zero-order chi connectivity index (χ0) is 10.6. The van der Waals surface area contributed by atoms with Crippen LogP contribution in [0.15, 0.2) is 17.3 Å². The van der Waals surface area contributed by atoms with E-state index < -0.39 is 0 Å². The van der Waals surface area contributed by atoms with Gasteiger partial charge in [0, 0.05) is 23.7 Å². The highest BCUT2D eigenvalue weighted by Crippen LogP contribution is 2.11. The van der Waals surface area contributed by atoms with Gasteiger partial charge in [0.1, 0.15) is 0 Å². The molecule has 0 saturated heterocycles. The molecule has 14 heavy (non-hydrogen) atoms. The van der Waals surface area contributed by atoms with Gasteiger partial charge in [0.25, 0.3) is 0 Å². The largest absolute Gasteiger partial charge is 0.594 e. The van der Waals surface area contributed by atoms with Crippen molar-refractivity contribution in [2.45, 2.75) is 20.8 Å². The van der Waals surface area contributed by atoms with Crippen molar-refractivity contribution in [3.8, 4) is 0 Å². The van der Waals surface area contributed by atoms with Crippen LogP contribution in [-0.4, -0.2) is 17.6 Å². The lowest BCUT2D eigenvalue weighted by Crippen LogP contribution is -2.30. The maximum Gasteiger partial charge on any atom is 0.227 e. The normalized spacial score (nSPS) is 11.5. The molecule has 0 aromatic carbocycles. The van der Waals surface area contributed by atoms with Gasteiger partial charge in [-0.2, -0.15) is 4.99 Å². The first kappa shape index (κ1) is 10.4. The summed E-state index contributed by atoms with van der Waals surface area (Å²) in [5, 5.41) is 14.6. The van der Waals surface area contributed by atoms with Crippen LogP contribution in [0.4, 0.5) is 5.82 Å². The van der Waals surface area contributed by atoms with Crippen molar-refractivity contribution in [2.75, 3.05) is 6.61 Å². The highest BCUT2D eigenvalue weighted by Gasteiger charge is 2.03. The lowest BCUT2D eigenvalue weighted by Gasteiger charge is -2.01. The number of ether oxygens (including phenoxy) is 1. The predicted octanol–water partition coefficient (Wildman–Crippen LogP) is 1.11. The molecule has 1 rings (SSSR count). The van der Waals surface area contributed by atoms with Gasteiger partial charge in [0.15, 0.2) is 5.90 Å². The molecule has 0 aliphatic rings. The Morgan fingerprint density at radius 2 is 2.43 bits per heavy atom. The summed E-state index contributed by atoms with van der Waals surface area (Å²) in [6.45, 7) is 5.99. The maximum absolute atomic E-state index is 10.9. The van der Waals surface area contributed by atoms with Gasteiger partial charge in [0.2, 0.25) is 12.0 Å². The van der Waals surface area contributed by atoms with Crippen molar-refractivity contribution in [3.05, 3.63) is 23.0 Å². The molecule has 0 radical (unpaired) electrons. The van der Waals surface area contributed by atoms with Gasteiger partial charge < -0.3 is 9.94 Å². The standard InChI is InChI=1S/C9H13N3O2/c1-4-14-8(3)10-9-7(2)5-6-12(13)11-9/h5-6H,4H2,1-3H3. The molecule has 0 fully saturated rings. The Balaban J connectivity index is 2.95. The summed E-state index contributed by atoms with van der Waals surface area (Å²) in [7, 11) is 0. The van der Waals surface area contributed by atoms with E-state index in [0.29, 0.717) is 23.2 Å². The van der Waals surface area contributed by atoms with Gasteiger partial charge >= 0.3 is 0 Å². The Hall–Kier alpha value is -1.65. The lowest BCUT2D eigenvalue weighted by atomic mass is 10.3. The minimum atomic E-state index is 0.397. The van der Waals surface area contributed by atoms with Gasteiger partial charge in [-0.25, -0.2) is 0 Å². The van der Waals surface area contributed by atoms with Gasteiger partial charge in [0.05, 0.1) is 6.61 Å². The summed E-state index contributed by atoms with van der Waals surface area (Å²) >= 11 is 0. The summed E-state index contributed by atoms with van der Waals surface area (Å²) in [4.78, 5) is 4.55. The number of nitrogens with zero attached hydrogens (tertiary/aromatic N) is 3. The third-order valence-corrected chi connectivity index (χ3v) is 1.61. The van der Waals surface area contributed by atoms with Crippen LogP contribution < -0.4 is 4.85 Å². The zero-order valence-corrected chi connectivity index (χ0v) is 8.52. The van der Waals surface area contributed by atoms with Gasteiger partial charge in [-0.15, -0.1) is 0 Å². The van der Waals surface area contributed by atoms with Crippen LogP contribution in [0.2, 0.25) is 0 Å². The molecule has 1 aromatic heterocycles. The van der Waals surface area contributed by atoms with Crippen LogP contribution in [0.1, 0.15) is 19.4 Å². The Morgan fingerprint density at radius 1 is 1.71 bits per heavy atom. The van der Waals surface area contributed by atoms with E-state index in [9.17, 15) is 5.21 Å². The summed E-state index contributed by atoms with van der Waals surface area (Å²) in [6.07, 6.45) is 1.34. The zero-order valence-electron chi connectivity index (χ0n) is 8.52. The SMILES string of the molecule is CCOC(C)=Nc1n[n+]([O-])ccc1C. The van der Waals surface area contributed by atoms with Crippen molar-refractivity contribution in [3.63, 3.8) is 0 Å². The molecule has 0 aliphatic carbocycles. The lowest BCUT2D eigenvalue weighted by molar-refractivity contribution is -0.668. The van der Waals surface area contributed by atoms with Crippen LogP contribution in [0.25, 0.3) is 0 Å². The van der Waals surface area contributed by atoms with E-state index in [1.807, 2.05) is 13.8 Å². The molecule has 0 unspecified atom stereocenters. The quantitative estimate of drug-likeness (QED) is 0.307. The summed E-state index contributed by atoms with van der Waals surface area (Å²) in [5.41, 5.74) is 0.844. The summed E-state index contributed by atoms with van der Waals surface area (Å²) in [5.74, 6) is 0.905. The summed E-state index contributed by atoms with van der Waals surface area (Å²) in [6, 6.07) is 1.66. The maximum atomic E-state index is 10.9. The fraction of sp³-hybridized carbons (Fsp3) is 0.444. The monoisotopic (exact) mass is 195 g/mol. The number of aromatic nitrogens is 2. The molecule has 1 heterocycles. The first-order valence-corrected chi connectivity index (χ1v) is 4.38. The third-order valence-electron chi connectivity index (χ3n) is 1.61. The smallest absolute Gasteiger partial charge is 0.227 e. The predicted molar refractivity (Wildman–Crippen MR) is 52.3 cm³/mol. The first-order valence-electron chi connectivity index (χ1n) is 4.38. The Morgan fingerprint density at radius 3 is 3.07 bits per heavy atom. The van der Waals surface area contributed by atoms with Crippen LogP contribution in [-0.2, 0) is 4.74 Å². The topological polar surface area (TPSA) is 61.4 Å². The van der Waals surface area contributed by atoms with E-state index in [-0.39, 0.29) is 0 Å². The number of hydrogen-bond acceptors (Lipinski definition) is 4. The molecule has 0 bridgehead atoms. The van der Waals surface area contributed by atoms with Crippen molar-refractivity contribution < 1.29 is 9.58 Å². The fourth-order valence-electron chi connectivity index (χ4n) is 0.956. The van der Waals surface area contributed by atoms with Crippen LogP contribution in [0, 0.1) is 12.1 Å². The molecule has 0 aliphatic heterocycles. The van der Waals surface area contributed by atoms with Crippen LogP contribution in [0.5, 0.6) is 0 Å². The first-order chi connectivity index (χ1) is 6.63. The van der Waals surface area contributed by atoms with E-state index >= 15 is 0 Å². The molecule has 0 atom stereocenters. The molecular weight excluding hydrogens is 182 g/mol. The average Bonchev–Trinajstić information content (AvgIpc) is 2.12. The summed E-state index contributed by atoms with van der Waals surface area (Å²) < 4.78 is 5.14. The molecular formula is C9H13N3O2. The van der Waals surface area contributed by atoms with E-state index in [1.165, 1.54) is 6.20 Å². The third kappa shape index (κ3) is 2.69. The number of aryl methyl sites for hydroxylation is 1. The van der Waals surface area contributed by atoms with Crippen molar-refractivity contribution in [1.82, 2.24) is 5.10 Å². The highest BCUT2D eigenvalue weighted by molar-refractivity contribution is 5.76. The van der Waals surface area contributed by atoms with Gasteiger partial charge in [-0.1, -0.05) is 4.85 Å². The second kappa shape index (κ2) is 4.55. The van der Waals surface area contributed by atoms with Gasteiger partial charge in [-0.3, -0.25) is 0 Å². The van der Waals surface area contributed by atoms with Crippen molar-refractivity contribution in [1.29, 1.82) is 0 Å². The van der Waals surface area contributed by atoms with E-state index in [1.54, 1.807) is 13.0 Å². The number of rotatable bonds is 2. The fourth-order valence-corrected chi connectivity index (χ4v) is 0.956. The second-order valence-corrected chi connectivity index (χ2v) is 2.79. The van der Waals surface area contributed by atoms with E-state index in [2.05, 4.69) is 10.1 Å². The molecule has 0 spiro atoms. The highest BCUT2D eigenvalue weighted by atomic mass is 16.5. The van der Waals surface area contributed by atoms with Crippen LogP contribution >= 0.6 is 0 Å². The Bertz CT molecular complexity index is 350. The van der Waals surface area contributed by atoms with Crippen molar-refractivity contribution in [2.24, 2.45) is 4.99 Å². The van der Waals surface area contributed by atoms with E-state index in [0.717, 1.165) is 5.56 Å². The minimum absolute atomic E-state index is 0.397. The second-order valence-electron chi connectivity index (χ2n) is 2.79. The molecule has 0 saturated carbocycles. The van der Waals surface area contributed by atoms with Gasteiger partial charge in [-0.05, 0) is 13.8 Å². The molecule has 0 N–H and O–H groups in total. The Labute approximate surface area is 82.6 Å². The molecule has 1 aromatic rings. The molecule has 5 heteroatoms. The number of aliphatic imine (C=N–C) groups is 1. The minimum Gasteiger partial charge on any atom is -0.594 e. The molecule has 5 nitrogen and oxygen atoms in total. The Kier molecular flexibility index (Phi) is 3.39. The van der Waals surface area contributed by atoms with E-state index in [4.69, 9.17) is 4.74 Å². The number of hydrogen-bond donors (Lipinski definition) is 0. The van der Waals surface area contributed by atoms with Crippen LogP contribution in [0.3, 0.4) is 0 Å². The van der Waals surface area contributed by atoms with Crippen molar-refractivity contribution >= 4 is 11.7 Å².